The van der Waals surface area contributed by atoms with Crippen molar-refractivity contribution in [2.75, 3.05) is 5.32 Å². The molecular weight excluding hydrogens is 294 g/mol. The van der Waals surface area contributed by atoms with E-state index in [9.17, 15) is 14.4 Å². The summed E-state index contributed by atoms with van der Waals surface area (Å²) in [5.41, 5.74) is 1.17. The maximum atomic E-state index is 11.6. The maximum absolute atomic E-state index is 11.6. The fourth-order valence-electron chi connectivity index (χ4n) is 2.02. The van der Waals surface area contributed by atoms with E-state index in [1.807, 2.05) is 0 Å². The average molecular weight is 303 g/mol. The minimum absolute atomic E-state index is 0.00317. The minimum atomic E-state index is -1.09. The van der Waals surface area contributed by atoms with Crippen LogP contribution in [0.2, 0.25) is 0 Å². The van der Waals surface area contributed by atoms with Gasteiger partial charge in [0, 0.05) is 10.6 Å². The van der Waals surface area contributed by atoms with Gasteiger partial charge < -0.3 is 10.4 Å². The van der Waals surface area contributed by atoms with Crippen LogP contribution in [0.25, 0.3) is 0 Å². The van der Waals surface area contributed by atoms with E-state index >= 15 is 0 Å². The fraction of sp³-hybridized carbons (Fsp3) is 0.0769. The molecule has 0 atom stereocenters. The number of nitrogens with zero attached hydrogens (tertiary/aromatic N) is 1. The highest BCUT2D eigenvalue weighted by Crippen LogP contribution is 2.27. The van der Waals surface area contributed by atoms with Crippen molar-refractivity contribution in [1.29, 1.82) is 0 Å². The van der Waals surface area contributed by atoms with E-state index in [1.165, 1.54) is 23.5 Å². The number of fused-ring (bicyclic) bond motifs is 1. The molecule has 1 aromatic carbocycles. The van der Waals surface area contributed by atoms with Gasteiger partial charge in [0.05, 0.1) is 11.1 Å². The van der Waals surface area contributed by atoms with E-state index in [2.05, 4.69) is 15.6 Å². The standard InChI is InChI=1S/C13H9N3O4S/c1-5-9(12(19)20)15-13(21-5)14-6-2-3-7-8(4-6)11(18)16-10(7)17/h2-4H,1H3,(H,14,15)(H,19,20)(H,16,17,18). The number of imide groups is 1. The van der Waals surface area contributed by atoms with Crippen molar-refractivity contribution in [1.82, 2.24) is 10.3 Å². The number of carbonyl (C=O) groups is 3. The summed E-state index contributed by atoms with van der Waals surface area (Å²) in [6, 6.07) is 4.71. The molecule has 2 heterocycles. The Morgan fingerprint density at radius 1 is 1.29 bits per heavy atom. The molecule has 106 valence electrons. The predicted molar refractivity (Wildman–Crippen MR) is 75.3 cm³/mol. The summed E-state index contributed by atoms with van der Waals surface area (Å²) in [6.07, 6.45) is 0. The number of aromatic carboxylic acids is 1. The first-order valence-electron chi connectivity index (χ1n) is 5.93. The van der Waals surface area contributed by atoms with E-state index in [4.69, 9.17) is 5.11 Å². The number of anilines is 2. The lowest BCUT2D eigenvalue weighted by Crippen LogP contribution is -2.19. The molecule has 21 heavy (non-hydrogen) atoms. The van der Waals surface area contributed by atoms with Gasteiger partial charge in [0.1, 0.15) is 0 Å². The Morgan fingerprint density at radius 3 is 2.67 bits per heavy atom. The molecule has 7 nitrogen and oxygen atoms in total. The normalized spacial score (nSPS) is 13.0. The molecule has 0 aliphatic carbocycles. The van der Waals surface area contributed by atoms with Crippen molar-refractivity contribution in [3.05, 3.63) is 39.9 Å². The highest BCUT2D eigenvalue weighted by molar-refractivity contribution is 7.15. The van der Waals surface area contributed by atoms with Gasteiger partial charge in [-0.25, -0.2) is 9.78 Å². The molecule has 0 bridgehead atoms. The molecule has 2 amide bonds. The predicted octanol–water partition coefficient (Wildman–Crippen LogP) is 1.78. The zero-order valence-corrected chi connectivity index (χ0v) is 11.6. The summed E-state index contributed by atoms with van der Waals surface area (Å²) in [4.78, 5) is 38.5. The second-order valence-corrected chi connectivity index (χ2v) is 5.60. The number of carboxylic acids is 1. The molecule has 0 saturated carbocycles. The summed E-state index contributed by atoms with van der Waals surface area (Å²) in [7, 11) is 0. The fourth-order valence-corrected chi connectivity index (χ4v) is 2.84. The van der Waals surface area contributed by atoms with Crippen LogP contribution in [0.3, 0.4) is 0 Å². The Kier molecular flexibility index (Phi) is 2.95. The highest BCUT2D eigenvalue weighted by Gasteiger charge is 2.26. The van der Waals surface area contributed by atoms with E-state index in [1.54, 1.807) is 13.0 Å². The van der Waals surface area contributed by atoms with Gasteiger partial charge in [0.25, 0.3) is 11.8 Å². The molecule has 3 N–H and O–H groups in total. The van der Waals surface area contributed by atoms with Gasteiger partial charge in [0.2, 0.25) is 0 Å². The third kappa shape index (κ3) is 2.25. The van der Waals surface area contributed by atoms with Gasteiger partial charge in [-0.2, -0.15) is 0 Å². The van der Waals surface area contributed by atoms with Crippen LogP contribution >= 0.6 is 11.3 Å². The average Bonchev–Trinajstić information content (AvgIpc) is 2.91. The van der Waals surface area contributed by atoms with E-state index < -0.39 is 17.8 Å². The maximum Gasteiger partial charge on any atom is 0.355 e. The van der Waals surface area contributed by atoms with Gasteiger partial charge in [0.15, 0.2) is 10.8 Å². The third-order valence-electron chi connectivity index (χ3n) is 2.99. The Balaban J connectivity index is 1.91. The van der Waals surface area contributed by atoms with Gasteiger partial charge in [-0.1, -0.05) is 0 Å². The van der Waals surface area contributed by atoms with Crippen LogP contribution in [0.1, 0.15) is 36.1 Å². The van der Waals surface area contributed by atoms with E-state index in [0.29, 0.717) is 21.3 Å². The second-order valence-electron chi connectivity index (χ2n) is 4.40. The van der Waals surface area contributed by atoms with Crippen LogP contribution < -0.4 is 10.6 Å². The lowest BCUT2D eigenvalue weighted by Gasteiger charge is -2.03. The number of carbonyl (C=O) groups excluding carboxylic acids is 2. The highest BCUT2D eigenvalue weighted by atomic mass is 32.1. The molecule has 3 rings (SSSR count). The monoisotopic (exact) mass is 303 g/mol. The van der Waals surface area contributed by atoms with Gasteiger partial charge in [-0.05, 0) is 25.1 Å². The lowest BCUT2D eigenvalue weighted by atomic mass is 10.1. The number of carboxylic acid groups (broad SMARTS) is 1. The second kappa shape index (κ2) is 4.67. The number of nitrogens with one attached hydrogen (secondary N) is 2. The van der Waals surface area contributed by atoms with Crippen LogP contribution in [0.4, 0.5) is 10.8 Å². The van der Waals surface area contributed by atoms with Crippen molar-refractivity contribution < 1.29 is 19.5 Å². The van der Waals surface area contributed by atoms with Crippen LogP contribution in [-0.4, -0.2) is 27.9 Å². The number of aromatic nitrogens is 1. The molecule has 0 saturated heterocycles. The number of benzene rings is 1. The van der Waals surface area contributed by atoms with Crippen molar-refractivity contribution in [3.63, 3.8) is 0 Å². The SMILES string of the molecule is Cc1sc(Nc2ccc3c(c2)C(=O)NC3=O)nc1C(=O)O. The zero-order valence-electron chi connectivity index (χ0n) is 10.8. The topological polar surface area (TPSA) is 108 Å². The molecule has 0 fully saturated rings. The van der Waals surface area contributed by atoms with Crippen molar-refractivity contribution in [2.24, 2.45) is 0 Å². The number of thiazole rings is 1. The molecule has 0 spiro atoms. The summed E-state index contributed by atoms with van der Waals surface area (Å²) >= 11 is 1.20. The van der Waals surface area contributed by atoms with E-state index in [0.717, 1.165) is 0 Å². The van der Waals surface area contributed by atoms with E-state index in [-0.39, 0.29) is 11.3 Å². The molecular formula is C13H9N3O4S. The Labute approximate surface area is 122 Å². The van der Waals surface area contributed by atoms with Crippen LogP contribution in [0, 0.1) is 6.92 Å². The summed E-state index contributed by atoms with van der Waals surface area (Å²) in [5.74, 6) is -1.95. The van der Waals surface area contributed by atoms with Crippen molar-refractivity contribution >= 4 is 39.9 Å². The van der Waals surface area contributed by atoms with Crippen molar-refractivity contribution in [2.45, 2.75) is 6.92 Å². The van der Waals surface area contributed by atoms with Gasteiger partial charge in [-0.3, -0.25) is 14.9 Å². The minimum Gasteiger partial charge on any atom is -0.476 e. The van der Waals surface area contributed by atoms with Crippen LogP contribution in [0.15, 0.2) is 18.2 Å². The van der Waals surface area contributed by atoms with Gasteiger partial charge in [-0.15, -0.1) is 11.3 Å². The molecule has 1 aliphatic heterocycles. The number of hydrogen-bond acceptors (Lipinski definition) is 6. The smallest absolute Gasteiger partial charge is 0.355 e. The first-order chi connectivity index (χ1) is 9.95. The quantitative estimate of drug-likeness (QED) is 0.746. The van der Waals surface area contributed by atoms with Crippen LogP contribution in [-0.2, 0) is 0 Å². The first kappa shape index (κ1) is 13.3. The summed E-state index contributed by atoms with van der Waals surface area (Å²) in [6.45, 7) is 1.67. The molecule has 0 unspecified atom stereocenters. The molecule has 8 heteroatoms. The van der Waals surface area contributed by atoms with Crippen molar-refractivity contribution in [3.8, 4) is 0 Å². The lowest BCUT2D eigenvalue weighted by molar-refractivity contribution is 0.0690. The number of aryl methyl sites for hydroxylation is 1. The summed E-state index contributed by atoms with van der Waals surface area (Å²) in [5, 5.41) is 14.5. The zero-order chi connectivity index (χ0) is 15.1. The summed E-state index contributed by atoms with van der Waals surface area (Å²) < 4.78 is 0. The largest absolute Gasteiger partial charge is 0.476 e. The number of amides is 2. The Bertz CT molecular complexity index is 797. The molecule has 1 aliphatic rings. The number of rotatable bonds is 3. The Morgan fingerprint density at radius 2 is 2.00 bits per heavy atom. The van der Waals surface area contributed by atoms with Gasteiger partial charge >= 0.3 is 5.97 Å². The van der Waals surface area contributed by atoms with Crippen LogP contribution in [0.5, 0.6) is 0 Å². The molecule has 1 aromatic heterocycles. The molecule has 0 radical (unpaired) electrons. The Hall–Kier alpha value is -2.74. The molecule has 2 aromatic rings. The first-order valence-corrected chi connectivity index (χ1v) is 6.75. The number of hydrogen-bond donors (Lipinski definition) is 3. The third-order valence-corrected chi connectivity index (χ3v) is 3.87.